The standard InChI is InChI=1S/C27H32BrN3O4/c1-16(2)15-30(26(32)18-9-8-10-18)17(3)25-29-21-12-7-6-11-20(21)27(33)31(25)22-13-19(34-4)14-23(35-5)24(22)28/h6-7,11-14,16-18H,8-10,15H2,1-5H3. The zero-order chi connectivity index (χ0) is 25.3. The van der Waals surface area contributed by atoms with Gasteiger partial charge >= 0.3 is 0 Å². The lowest BCUT2D eigenvalue weighted by Gasteiger charge is -2.37. The van der Waals surface area contributed by atoms with Crippen LogP contribution in [0.1, 0.15) is 51.9 Å². The van der Waals surface area contributed by atoms with Gasteiger partial charge in [-0.2, -0.15) is 0 Å². The van der Waals surface area contributed by atoms with Crippen LogP contribution in [-0.4, -0.2) is 41.1 Å². The van der Waals surface area contributed by atoms with Crippen molar-refractivity contribution in [2.75, 3.05) is 20.8 Å². The molecular formula is C27H32BrN3O4. The maximum atomic E-state index is 13.9. The Kier molecular flexibility index (Phi) is 7.50. The molecule has 3 aromatic rings. The van der Waals surface area contributed by atoms with E-state index in [1.54, 1.807) is 37.0 Å². The molecule has 2 aromatic carbocycles. The Balaban J connectivity index is 1.98. The van der Waals surface area contributed by atoms with E-state index in [0.29, 0.717) is 44.9 Å². The van der Waals surface area contributed by atoms with Crippen molar-refractivity contribution >= 4 is 32.7 Å². The topological polar surface area (TPSA) is 73.7 Å². The number of fused-ring (bicyclic) bond motifs is 1. The van der Waals surface area contributed by atoms with Crippen molar-refractivity contribution in [3.05, 3.63) is 57.0 Å². The molecule has 1 aromatic heterocycles. The maximum absolute atomic E-state index is 13.9. The molecule has 1 aliphatic carbocycles. The van der Waals surface area contributed by atoms with E-state index in [1.165, 1.54) is 0 Å². The molecule has 1 unspecified atom stereocenters. The average Bonchev–Trinajstić information content (AvgIpc) is 2.81. The number of ether oxygens (including phenoxy) is 2. The van der Waals surface area contributed by atoms with E-state index in [1.807, 2.05) is 30.0 Å². The molecule has 0 radical (unpaired) electrons. The number of nitrogens with zero attached hydrogens (tertiary/aromatic N) is 3. The van der Waals surface area contributed by atoms with Crippen molar-refractivity contribution in [1.82, 2.24) is 14.5 Å². The summed E-state index contributed by atoms with van der Waals surface area (Å²) in [5.41, 5.74) is 0.933. The Bertz CT molecular complexity index is 1300. The van der Waals surface area contributed by atoms with E-state index < -0.39 is 6.04 Å². The molecular weight excluding hydrogens is 510 g/mol. The SMILES string of the molecule is COc1cc(OC)c(Br)c(-n2c(C(C)N(CC(C)C)C(=O)C3CCC3)nc3ccccc3c2=O)c1. The van der Waals surface area contributed by atoms with E-state index in [2.05, 4.69) is 29.8 Å². The van der Waals surface area contributed by atoms with Gasteiger partial charge in [0.1, 0.15) is 17.3 Å². The Morgan fingerprint density at radius 1 is 1.17 bits per heavy atom. The van der Waals surface area contributed by atoms with Crippen LogP contribution in [0.2, 0.25) is 0 Å². The zero-order valence-corrected chi connectivity index (χ0v) is 22.5. The van der Waals surface area contributed by atoms with Gasteiger partial charge in [-0.25, -0.2) is 4.98 Å². The van der Waals surface area contributed by atoms with E-state index in [-0.39, 0.29) is 23.3 Å². The first-order chi connectivity index (χ1) is 16.8. The molecule has 0 saturated heterocycles. The summed E-state index contributed by atoms with van der Waals surface area (Å²) in [6, 6.07) is 10.4. The van der Waals surface area contributed by atoms with Crippen molar-refractivity contribution in [2.45, 2.75) is 46.1 Å². The van der Waals surface area contributed by atoms with Gasteiger partial charge in [-0.05, 0) is 53.7 Å². The highest BCUT2D eigenvalue weighted by Crippen LogP contribution is 2.37. The lowest BCUT2D eigenvalue weighted by molar-refractivity contribution is -0.141. The van der Waals surface area contributed by atoms with Crippen molar-refractivity contribution in [2.24, 2.45) is 11.8 Å². The van der Waals surface area contributed by atoms with Gasteiger partial charge < -0.3 is 14.4 Å². The van der Waals surface area contributed by atoms with Crippen molar-refractivity contribution in [3.63, 3.8) is 0 Å². The molecule has 1 fully saturated rings. The summed E-state index contributed by atoms with van der Waals surface area (Å²) in [5, 5.41) is 0.498. The van der Waals surface area contributed by atoms with Crippen LogP contribution in [0.3, 0.4) is 0 Å². The minimum atomic E-state index is -0.424. The highest BCUT2D eigenvalue weighted by molar-refractivity contribution is 9.10. The molecule has 1 amide bonds. The van der Waals surface area contributed by atoms with Gasteiger partial charge in [-0.1, -0.05) is 32.4 Å². The fourth-order valence-corrected chi connectivity index (χ4v) is 5.08. The second-order valence-corrected chi connectivity index (χ2v) is 10.3. The molecule has 1 atom stereocenters. The number of halogens is 1. The Morgan fingerprint density at radius 2 is 1.89 bits per heavy atom. The van der Waals surface area contributed by atoms with Crippen LogP contribution in [0.5, 0.6) is 11.5 Å². The second kappa shape index (κ2) is 10.4. The third kappa shape index (κ3) is 4.81. The lowest BCUT2D eigenvalue weighted by Crippen LogP contribution is -2.44. The Hall–Kier alpha value is -2.87. The number of carbonyl (C=O) groups is 1. The largest absolute Gasteiger partial charge is 0.497 e. The van der Waals surface area contributed by atoms with Crippen LogP contribution in [0.15, 0.2) is 45.7 Å². The molecule has 7 nitrogen and oxygen atoms in total. The summed E-state index contributed by atoms with van der Waals surface area (Å²) < 4.78 is 13.2. The summed E-state index contributed by atoms with van der Waals surface area (Å²) in [6.45, 7) is 6.73. The number of hydrogen-bond acceptors (Lipinski definition) is 5. The van der Waals surface area contributed by atoms with Crippen LogP contribution in [0.4, 0.5) is 0 Å². The van der Waals surface area contributed by atoms with Crippen LogP contribution in [0.25, 0.3) is 16.6 Å². The quantitative estimate of drug-likeness (QED) is 0.375. The molecule has 4 rings (SSSR count). The van der Waals surface area contributed by atoms with Crippen LogP contribution in [-0.2, 0) is 4.79 Å². The summed E-state index contributed by atoms with van der Waals surface area (Å²) in [6.07, 6.45) is 2.91. The van der Waals surface area contributed by atoms with Gasteiger partial charge in [0.05, 0.1) is 41.3 Å². The number of aromatic nitrogens is 2. The van der Waals surface area contributed by atoms with Crippen molar-refractivity contribution in [1.29, 1.82) is 0 Å². The summed E-state index contributed by atoms with van der Waals surface area (Å²) in [7, 11) is 3.13. The first kappa shape index (κ1) is 25.2. The predicted octanol–water partition coefficient (Wildman–Crippen LogP) is 5.51. The molecule has 0 aliphatic heterocycles. The molecule has 186 valence electrons. The molecule has 0 N–H and O–H groups in total. The van der Waals surface area contributed by atoms with Crippen LogP contribution >= 0.6 is 15.9 Å². The van der Waals surface area contributed by atoms with Gasteiger partial charge in [-0.3, -0.25) is 14.2 Å². The summed E-state index contributed by atoms with van der Waals surface area (Å²) >= 11 is 3.62. The minimum Gasteiger partial charge on any atom is -0.497 e. The highest BCUT2D eigenvalue weighted by Gasteiger charge is 2.34. The summed E-state index contributed by atoms with van der Waals surface area (Å²) in [4.78, 5) is 34.3. The van der Waals surface area contributed by atoms with Crippen molar-refractivity contribution < 1.29 is 14.3 Å². The van der Waals surface area contributed by atoms with Gasteiger partial charge in [0.25, 0.3) is 5.56 Å². The second-order valence-electron chi connectivity index (χ2n) is 9.48. The van der Waals surface area contributed by atoms with E-state index in [9.17, 15) is 9.59 Å². The van der Waals surface area contributed by atoms with E-state index in [0.717, 1.165) is 19.3 Å². The Morgan fingerprint density at radius 3 is 2.49 bits per heavy atom. The molecule has 1 saturated carbocycles. The monoisotopic (exact) mass is 541 g/mol. The minimum absolute atomic E-state index is 0.0421. The van der Waals surface area contributed by atoms with E-state index >= 15 is 0 Å². The maximum Gasteiger partial charge on any atom is 0.266 e. The van der Waals surface area contributed by atoms with Gasteiger partial charge in [0.2, 0.25) is 5.91 Å². The third-order valence-corrected chi connectivity index (χ3v) is 7.43. The number of para-hydroxylation sites is 1. The molecule has 8 heteroatoms. The van der Waals surface area contributed by atoms with Gasteiger partial charge in [0.15, 0.2) is 0 Å². The van der Waals surface area contributed by atoms with Crippen LogP contribution < -0.4 is 15.0 Å². The fourth-order valence-electron chi connectivity index (χ4n) is 4.51. The van der Waals surface area contributed by atoms with Crippen molar-refractivity contribution in [3.8, 4) is 17.2 Å². The third-order valence-electron chi connectivity index (χ3n) is 6.63. The summed E-state index contributed by atoms with van der Waals surface area (Å²) in [5.74, 6) is 2.02. The smallest absolute Gasteiger partial charge is 0.266 e. The number of benzene rings is 2. The van der Waals surface area contributed by atoms with Gasteiger partial charge in [-0.15, -0.1) is 0 Å². The van der Waals surface area contributed by atoms with Crippen LogP contribution in [0, 0.1) is 11.8 Å². The molecule has 0 bridgehead atoms. The zero-order valence-electron chi connectivity index (χ0n) is 20.9. The van der Waals surface area contributed by atoms with E-state index in [4.69, 9.17) is 14.5 Å². The first-order valence-corrected chi connectivity index (χ1v) is 12.8. The number of methoxy groups -OCH3 is 2. The first-order valence-electron chi connectivity index (χ1n) is 12.0. The molecule has 1 heterocycles. The number of rotatable bonds is 8. The average molecular weight is 542 g/mol. The normalized spacial score (nSPS) is 14.6. The number of carbonyl (C=O) groups excluding carboxylic acids is 1. The molecule has 1 aliphatic rings. The highest BCUT2D eigenvalue weighted by atomic mass is 79.9. The molecule has 35 heavy (non-hydrogen) atoms. The number of amides is 1. The predicted molar refractivity (Wildman–Crippen MR) is 140 cm³/mol. The number of hydrogen-bond donors (Lipinski definition) is 0. The Labute approximate surface area is 214 Å². The fraction of sp³-hybridized carbons (Fsp3) is 0.444. The van der Waals surface area contributed by atoms with Gasteiger partial charge in [0, 0.05) is 24.6 Å². The molecule has 0 spiro atoms. The lowest BCUT2D eigenvalue weighted by atomic mass is 9.84.